The number of alkyl halides is 1. The summed E-state index contributed by atoms with van der Waals surface area (Å²) in [6.45, 7) is 5.51. The van der Waals surface area contributed by atoms with Crippen LogP contribution in [0.2, 0.25) is 0 Å². The number of hydrogen-bond donors (Lipinski definition) is 1. The molecular formula is C14H19FN4O. The summed E-state index contributed by atoms with van der Waals surface area (Å²) in [4.78, 5) is 3.94. The van der Waals surface area contributed by atoms with E-state index < -0.39 is 11.8 Å². The molecule has 0 aliphatic carbocycles. The Morgan fingerprint density at radius 1 is 1.50 bits per heavy atom. The van der Waals surface area contributed by atoms with Crippen LogP contribution in [0.4, 0.5) is 10.2 Å². The zero-order valence-corrected chi connectivity index (χ0v) is 11.9. The third kappa shape index (κ3) is 1.71. The van der Waals surface area contributed by atoms with Crippen molar-refractivity contribution in [3.05, 3.63) is 24.2 Å². The molecule has 20 heavy (non-hydrogen) atoms. The first kappa shape index (κ1) is 13.3. The van der Waals surface area contributed by atoms with E-state index in [1.165, 1.54) is 6.33 Å². The molecule has 1 aliphatic heterocycles. The molecule has 0 spiro atoms. The average Bonchev–Trinajstić information content (AvgIpc) is 2.92. The van der Waals surface area contributed by atoms with E-state index in [0.29, 0.717) is 17.0 Å². The molecule has 0 amide bonds. The molecule has 3 rings (SSSR count). The predicted molar refractivity (Wildman–Crippen MR) is 74.0 cm³/mol. The summed E-state index contributed by atoms with van der Waals surface area (Å²) in [7, 11) is 0. The Kier molecular flexibility index (Phi) is 2.93. The molecule has 2 aromatic heterocycles. The number of aromatic nitrogens is 3. The highest BCUT2D eigenvalue weighted by molar-refractivity contribution is 5.65. The van der Waals surface area contributed by atoms with Gasteiger partial charge in [0.25, 0.3) is 0 Å². The van der Waals surface area contributed by atoms with Gasteiger partial charge in [-0.05, 0) is 25.5 Å². The third-order valence-corrected chi connectivity index (χ3v) is 4.45. The molecular weight excluding hydrogens is 259 g/mol. The second kappa shape index (κ2) is 4.41. The maximum absolute atomic E-state index is 15.1. The van der Waals surface area contributed by atoms with Crippen LogP contribution in [-0.4, -0.2) is 26.4 Å². The number of anilines is 1. The lowest BCUT2D eigenvalue weighted by atomic mass is 9.85. The van der Waals surface area contributed by atoms with Crippen LogP contribution in [0.5, 0.6) is 0 Å². The van der Waals surface area contributed by atoms with E-state index in [-0.39, 0.29) is 12.0 Å². The van der Waals surface area contributed by atoms with Gasteiger partial charge in [0.15, 0.2) is 5.82 Å². The Bertz CT molecular complexity index is 639. The van der Waals surface area contributed by atoms with E-state index in [1.54, 1.807) is 17.5 Å². The second-order valence-corrected chi connectivity index (χ2v) is 5.60. The first-order valence-corrected chi connectivity index (χ1v) is 6.89. The van der Waals surface area contributed by atoms with Crippen molar-refractivity contribution in [1.29, 1.82) is 0 Å². The number of fused-ring (bicyclic) bond motifs is 1. The number of rotatable bonds is 2. The van der Waals surface area contributed by atoms with Crippen LogP contribution in [0.25, 0.3) is 5.52 Å². The summed E-state index contributed by atoms with van der Waals surface area (Å²) in [5.74, 6) is 0.215. The van der Waals surface area contributed by atoms with Gasteiger partial charge < -0.3 is 10.5 Å². The minimum atomic E-state index is -1.44. The molecule has 1 saturated heterocycles. The number of halogens is 1. The van der Waals surface area contributed by atoms with Gasteiger partial charge in [-0.3, -0.25) is 0 Å². The van der Waals surface area contributed by atoms with Crippen molar-refractivity contribution in [1.82, 2.24) is 14.6 Å². The zero-order chi connectivity index (χ0) is 14.5. The van der Waals surface area contributed by atoms with Crippen LogP contribution in [0.1, 0.15) is 39.0 Å². The normalized spacial score (nSPS) is 33.9. The Balaban J connectivity index is 2.10. The summed E-state index contributed by atoms with van der Waals surface area (Å²) in [5.41, 5.74) is 5.73. The molecule has 6 heteroatoms. The molecule has 0 radical (unpaired) electrons. The minimum Gasteiger partial charge on any atom is -0.382 e. The standard InChI is InChI=1S/C14H19FN4O/c1-4-11-8(2)14(3,15)12(20-11)9-5-6-10-13(16)17-7-18-19(9)10/h5-8,11-12H,4H2,1-3H3,(H2,16,17,18)/t8-,11-,12+,14-/m1/s1. The number of nitrogen functional groups attached to an aromatic ring is 1. The van der Waals surface area contributed by atoms with Crippen LogP contribution in [0, 0.1) is 5.92 Å². The van der Waals surface area contributed by atoms with E-state index in [4.69, 9.17) is 10.5 Å². The van der Waals surface area contributed by atoms with Crippen molar-refractivity contribution in [3.63, 3.8) is 0 Å². The maximum Gasteiger partial charge on any atom is 0.151 e. The lowest BCUT2D eigenvalue weighted by Crippen LogP contribution is -2.31. The van der Waals surface area contributed by atoms with E-state index in [2.05, 4.69) is 10.1 Å². The van der Waals surface area contributed by atoms with Gasteiger partial charge in [-0.25, -0.2) is 13.9 Å². The lowest BCUT2D eigenvalue weighted by molar-refractivity contribution is -0.00303. The highest BCUT2D eigenvalue weighted by Gasteiger charge is 2.52. The van der Waals surface area contributed by atoms with Crippen LogP contribution < -0.4 is 5.73 Å². The minimum absolute atomic E-state index is 0.0836. The molecule has 0 unspecified atom stereocenters. The largest absolute Gasteiger partial charge is 0.382 e. The molecule has 2 N–H and O–H groups in total. The molecule has 108 valence electrons. The van der Waals surface area contributed by atoms with Gasteiger partial charge in [-0.2, -0.15) is 5.10 Å². The molecule has 5 nitrogen and oxygen atoms in total. The summed E-state index contributed by atoms with van der Waals surface area (Å²) < 4.78 is 22.6. The lowest BCUT2D eigenvalue weighted by Gasteiger charge is -2.24. The van der Waals surface area contributed by atoms with Gasteiger partial charge in [0.1, 0.15) is 23.6 Å². The van der Waals surface area contributed by atoms with Crippen molar-refractivity contribution in [2.75, 3.05) is 5.73 Å². The highest BCUT2D eigenvalue weighted by Crippen LogP contribution is 2.48. The maximum atomic E-state index is 15.1. The quantitative estimate of drug-likeness (QED) is 0.916. The van der Waals surface area contributed by atoms with Gasteiger partial charge in [0.2, 0.25) is 0 Å². The van der Waals surface area contributed by atoms with Gasteiger partial charge in [0.05, 0.1) is 11.8 Å². The molecule has 4 atom stereocenters. The number of nitrogens with zero attached hydrogens (tertiary/aromatic N) is 3. The topological polar surface area (TPSA) is 65.4 Å². The van der Waals surface area contributed by atoms with Gasteiger partial charge >= 0.3 is 0 Å². The number of nitrogens with two attached hydrogens (primary N) is 1. The molecule has 3 heterocycles. The first-order chi connectivity index (χ1) is 9.46. The fourth-order valence-corrected chi connectivity index (χ4v) is 3.01. The van der Waals surface area contributed by atoms with Crippen molar-refractivity contribution in [3.8, 4) is 0 Å². The SMILES string of the molecule is CC[C@H]1O[C@@H](c2ccc3c(N)ncnn23)[C@](C)(F)[C@@H]1C. The monoisotopic (exact) mass is 278 g/mol. The molecule has 2 aromatic rings. The predicted octanol–water partition coefficient (Wildman–Crippen LogP) is 2.53. The van der Waals surface area contributed by atoms with Crippen molar-refractivity contribution in [2.45, 2.75) is 45.1 Å². The van der Waals surface area contributed by atoms with Crippen LogP contribution in [0.3, 0.4) is 0 Å². The smallest absolute Gasteiger partial charge is 0.151 e. The van der Waals surface area contributed by atoms with E-state index in [9.17, 15) is 0 Å². The molecule has 0 aromatic carbocycles. The van der Waals surface area contributed by atoms with E-state index >= 15 is 4.39 Å². The van der Waals surface area contributed by atoms with Gasteiger partial charge in [-0.1, -0.05) is 13.8 Å². The molecule has 0 saturated carbocycles. The summed E-state index contributed by atoms with van der Waals surface area (Å²) >= 11 is 0. The third-order valence-electron chi connectivity index (χ3n) is 4.45. The van der Waals surface area contributed by atoms with Gasteiger partial charge in [0, 0.05) is 5.92 Å². The van der Waals surface area contributed by atoms with Crippen molar-refractivity contribution >= 4 is 11.3 Å². The van der Waals surface area contributed by atoms with Crippen molar-refractivity contribution < 1.29 is 9.13 Å². The Morgan fingerprint density at radius 2 is 2.25 bits per heavy atom. The Morgan fingerprint density at radius 3 is 2.90 bits per heavy atom. The van der Waals surface area contributed by atoms with Crippen LogP contribution in [-0.2, 0) is 4.74 Å². The Labute approximate surface area is 116 Å². The fraction of sp³-hybridized carbons (Fsp3) is 0.571. The summed E-state index contributed by atoms with van der Waals surface area (Å²) in [6, 6.07) is 3.61. The molecule has 1 aliphatic rings. The van der Waals surface area contributed by atoms with Crippen LogP contribution in [0.15, 0.2) is 18.5 Å². The average molecular weight is 278 g/mol. The number of ether oxygens (including phenoxy) is 1. The number of hydrogen-bond acceptors (Lipinski definition) is 4. The van der Waals surface area contributed by atoms with E-state index in [1.807, 2.05) is 19.9 Å². The Hall–Kier alpha value is -1.69. The summed E-state index contributed by atoms with van der Waals surface area (Å²) in [5, 5.41) is 4.17. The molecule has 1 fully saturated rings. The fourth-order valence-electron chi connectivity index (χ4n) is 3.01. The van der Waals surface area contributed by atoms with E-state index in [0.717, 1.165) is 6.42 Å². The van der Waals surface area contributed by atoms with Crippen LogP contribution >= 0.6 is 0 Å². The zero-order valence-electron chi connectivity index (χ0n) is 11.9. The highest BCUT2D eigenvalue weighted by atomic mass is 19.1. The van der Waals surface area contributed by atoms with Crippen molar-refractivity contribution in [2.24, 2.45) is 5.92 Å². The first-order valence-electron chi connectivity index (χ1n) is 6.89. The van der Waals surface area contributed by atoms with Gasteiger partial charge in [-0.15, -0.1) is 0 Å². The molecule has 0 bridgehead atoms. The second-order valence-electron chi connectivity index (χ2n) is 5.60. The summed E-state index contributed by atoms with van der Waals surface area (Å²) in [6.07, 6.45) is 1.44.